The second-order valence-electron chi connectivity index (χ2n) is 7.30. The summed E-state index contributed by atoms with van der Waals surface area (Å²) in [6.07, 6.45) is 0. The summed E-state index contributed by atoms with van der Waals surface area (Å²) in [4.78, 5) is 30.9. The summed E-state index contributed by atoms with van der Waals surface area (Å²) < 4.78 is 10.6. The first-order valence-electron chi connectivity index (χ1n) is 10.3. The molecule has 0 aliphatic rings. The Morgan fingerprint density at radius 2 is 1.65 bits per heavy atom. The maximum absolute atomic E-state index is 13.5. The molecule has 2 aromatic carbocycles. The SMILES string of the molecule is CCOC(=O)c1c(C)[nH]c(CN(Cc2ccccc2)C(=O)c2ccccc2OC)c1C. The maximum atomic E-state index is 13.5. The summed E-state index contributed by atoms with van der Waals surface area (Å²) in [5.41, 5.74) is 4.36. The van der Waals surface area contributed by atoms with Gasteiger partial charge in [0.15, 0.2) is 0 Å². The third kappa shape index (κ3) is 4.97. The predicted molar refractivity (Wildman–Crippen MR) is 119 cm³/mol. The van der Waals surface area contributed by atoms with Gasteiger partial charge in [-0.3, -0.25) is 4.79 Å². The number of aromatic amines is 1. The largest absolute Gasteiger partial charge is 0.496 e. The monoisotopic (exact) mass is 420 g/mol. The summed E-state index contributed by atoms with van der Waals surface area (Å²) in [6.45, 7) is 6.54. The summed E-state index contributed by atoms with van der Waals surface area (Å²) in [5, 5.41) is 0. The lowest BCUT2D eigenvalue weighted by molar-refractivity contribution is 0.0524. The van der Waals surface area contributed by atoms with Crippen molar-refractivity contribution in [3.05, 3.63) is 88.2 Å². The Morgan fingerprint density at radius 3 is 2.32 bits per heavy atom. The topological polar surface area (TPSA) is 71.6 Å². The molecule has 0 radical (unpaired) electrons. The van der Waals surface area contributed by atoms with Crippen LogP contribution in [-0.2, 0) is 17.8 Å². The number of carbonyl (C=O) groups excluding carboxylic acids is 2. The van der Waals surface area contributed by atoms with E-state index in [1.807, 2.05) is 56.3 Å². The predicted octanol–water partition coefficient (Wildman–Crippen LogP) is 4.66. The van der Waals surface area contributed by atoms with Gasteiger partial charge in [0, 0.05) is 17.9 Å². The summed E-state index contributed by atoms with van der Waals surface area (Å²) in [5.74, 6) is 0.0217. The van der Waals surface area contributed by atoms with Gasteiger partial charge in [-0.05, 0) is 44.0 Å². The van der Waals surface area contributed by atoms with E-state index in [1.54, 1.807) is 31.1 Å². The molecule has 6 nitrogen and oxygen atoms in total. The van der Waals surface area contributed by atoms with Crippen molar-refractivity contribution >= 4 is 11.9 Å². The quantitative estimate of drug-likeness (QED) is 0.538. The van der Waals surface area contributed by atoms with E-state index in [9.17, 15) is 9.59 Å². The normalized spacial score (nSPS) is 10.6. The van der Waals surface area contributed by atoms with Crippen LogP contribution in [-0.4, -0.2) is 35.5 Å². The molecular formula is C25H28N2O4. The molecule has 0 unspecified atom stereocenters. The second-order valence-corrected chi connectivity index (χ2v) is 7.30. The number of para-hydroxylation sites is 1. The number of methoxy groups -OCH3 is 1. The number of amides is 1. The van der Waals surface area contributed by atoms with Crippen LogP contribution in [0.1, 0.15) is 50.2 Å². The molecule has 1 amide bonds. The lowest BCUT2D eigenvalue weighted by atomic mass is 10.1. The Morgan fingerprint density at radius 1 is 0.968 bits per heavy atom. The second kappa shape index (κ2) is 9.98. The van der Waals surface area contributed by atoms with Gasteiger partial charge in [-0.1, -0.05) is 42.5 Å². The summed E-state index contributed by atoms with van der Waals surface area (Å²) >= 11 is 0. The number of hydrogen-bond donors (Lipinski definition) is 1. The van der Waals surface area contributed by atoms with Crippen molar-refractivity contribution in [2.45, 2.75) is 33.9 Å². The van der Waals surface area contributed by atoms with Crippen LogP contribution in [0, 0.1) is 13.8 Å². The van der Waals surface area contributed by atoms with E-state index < -0.39 is 0 Å². The van der Waals surface area contributed by atoms with E-state index >= 15 is 0 Å². The average molecular weight is 421 g/mol. The van der Waals surface area contributed by atoms with E-state index in [-0.39, 0.29) is 11.9 Å². The third-order valence-corrected chi connectivity index (χ3v) is 5.21. The van der Waals surface area contributed by atoms with Gasteiger partial charge in [0.25, 0.3) is 5.91 Å². The lowest BCUT2D eigenvalue weighted by Gasteiger charge is -2.24. The zero-order valence-corrected chi connectivity index (χ0v) is 18.4. The van der Waals surface area contributed by atoms with Crippen LogP contribution in [0.3, 0.4) is 0 Å². The number of carbonyl (C=O) groups is 2. The highest BCUT2D eigenvalue weighted by Gasteiger charge is 2.24. The number of H-pyrrole nitrogens is 1. The molecule has 6 heteroatoms. The van der Waals surface area contributed by atoms with Crippen molar-refractivity contribution in [2.24, 2.45) is 0 Å². The van der Waals surface area contributed by atoms with E-state index in [4.69, 9.17) is 9.47 Å². The third-order valence-electron chi connectivity index (χ3n) is 5.21. The first-order valence-corrected chi connectivity index (χ1v) is 10.3. The standard InChI is InChI=1S/C25H28N2O4/c1-5-31-25(29)23-17(2)21(26-18(23)3)16-27(15-19-11-7-6-8-12-19)24(28)20-13-9-10-14-22(20)30-4/h6-14,26H,5,15-16H2,1-4H3. The van der Waals surface area contributed by atoms with Gasteiger partial charge in [-0.25, -0.2) is 4.79 Å². The zero-order valence-electron chi connectivity index (χ0n) is 18.4. The van der Waals surface area contributed by atoms with Gasteiger partial charge in [0.2, 0.25) is 0 Å². The molecule has 162 valence electrons. The molecule has 0 spiro atoms. The Labute approximate surface area is 182 Å². The van der Waals surface area contributed by atoms with Gasteiger partial charge in [0.1, 0.15) is 5.75 Å². The minimum absolute atomic E-state index is 0.148. The summed E-state index contributed by atoms with van der Waals surface area (Å²) in [7, 11) is 1.55. The molecule has 31 heavy (non-hydrogen) atoms. The first-order chi connectivity index (χ1) is 15.0. The molecular weight excluding hydrogens is 392 g/mol. The molecule has 0 saturated heterocycles. The molecule has 0 aliphatic heterocycles. The van der Waals surface area contributed by atoms with Crippen LogP contribution in [0.15, 0.2) is 54.6 Å². The van der Waals surface area contributed by atoms with Gasteiger partial charge in [0.05, 0.1) is 31.4 Å². The Bertz CT molecular complexity index is 1060. The van der Waals surface area contributed by atoms with Crippen molar-refractivity contribution < 1.29 is 19.1 Å². The first kappa shape index (κ1) is 22.2. The molecule has 0 aliphatic carbocycles. The van der Waals surface area contributed by atoms with Gasteiger partial charge < -0.3 is 19.4 Å². The molecule has 0 atom stereocenters. The van der Waals surface area contributed by atoms with E-state index in [0.717, 1.165) is 22.5 Å². The number of esters is 1. The van der Waals surface area contributed by atoms with Crippen LogP contribution in [0.4, 0.5) is 0 Å². The van der Waals surface area contributed by atoms with Gasteiger partial charge in [-0.15, -0.1) is 0 Å². The Balaban J connectivity index is 1.97. The zero-order chi connectivity index (χ0) is 22.4. The van der Waals surface area contributed by atoms with Crippen LogP contribution in [0.2, 0.25) is 0 Å². The summed E-state index contributed by atoms with van der Waals surface area (Å²) in [6, 6.07) is 17.0. The fraction of sp³-hybridized carbons (Fsp3) is 0.280. The molecule has 3 rings (SSSR count). The highest BCUT2D eigenvalue weighted by molar-refractivity contribution is 5.97. The van der Waals surface area contributed by atoms with Crippen molar-refractivity contribution in [3.8, 4) is 5.75 Å². The van der Waals surface area contributed by atoms with E-state index in [2.05, 4.69) is 4.98 Å². The minimum Gasteiger partial charge on any atom is -0.496 e. The maximum Gasteiger partial charge on any atom is 0.340 e. The fourth-order valence-corrected chi connectivity index (χ4v) is 3.67. The van der Waals surface area contributed by atoms with Crippen molar-refractivity contribution in [2.75, 3.05) is 13.7 Å². The fourth-order valence-electron chi connectivity index (χ4n) is 3.67. The molecule has 1 aromatic heterocycles. The lowest BCUT2D eigenvalue weighted by Crippen LogP contribution is -2.31. The van der Waals surface area contributed by atoms with Crippen LogP contribution in [0.5, 0.6) is 5.75 Å². The van der Waals surface area contributed by atoms with Crippen LogP contribution in [0.25, 0.3) is 0 Å². The number of nitrogens with one attached hydrogen (secondary N) is 1. The molecule has 1 N–H and O–H groups in total. The van der Waals surface area contributed by atoms with Gasteiger partial charge >= 0.3 is 5.97 Å². The number of aryl methyl sites for hydroxylation is 1. The molecule has 1 heterocycles. The number of benzene rings is 2. The van der Waals surface area contributed by atoms with Crippen molar-refractivity contribution in [3.63, 3.8) is 0 Å². The van der Waals surface area contributed by atoms with Gasteiger partial charge in [-0.2, -0.15) is 0 Å². The molecule has 0 fully saturated rings. The number of aromatic nitrogens is 1. The van der Waals surface area contributed by atoms with Crippen molar-refractivity contribution in [1.82, 2.24) is 9.88 Å². The highest BCUT2D eigenvalue weighted by atomic mass is 16.5. The van der Waals surface area contributed by atoms with Crippen LogP contribution >= 0.6 is 0 Å². The van der Waals surface area contributed by atoms with E-state index in [1.165, 1.54) is 0 Å². The minimum atomic E-state index is -0.356. The number of hydrogen-bond acceptors (Lipinski definition) is 4. The smallest absolute Gasteiger partial charge is 0.340 e. The molecule has 0 bridgehead atoms. The number of nitrogens with zero attached hydrogens (tertiary/aromatic N) is 1. The van der Waals surface area contributed by atoms with Crippen LogP contribution < -0.4 is 4.74 Å². The Hall–Kier alpha value is -3.54. The van der Waals surface area contributed by atoms with Crippen molar-refractivity contribution in [1.29, 1.82) is 0 Å². The molecule has 0 saturated carbocycles. The molecule has 3 aromatic rings. The highest BCUT2D eigenvalue weighted by Crippen LogP contribution is 2.25. The number of ether oxygens (including phenoxy) is 2. The Kier molecular flexibility index (Phi) is 7.13. The van der Waals surface area contributed by atoms with E-state index in [0.29, 0.717) is 36.6 Å². The average Bonchev–Trinajstić information content (AvgIpc) is 3.06. The number of rotatable bonds is 8.